The number of pyridine rings is 1. The van der Waals surface area contributed by atoms with Gasteiger partial charge in [-0.2, -0.15) is 4.98 Å². The van der Waals surface area contributed by atoms with E-state index in [1.54, 1.807) is 10.8 Å². The number of hydrogen-bond acceptors (Lipinski definition) is 8. The molecule has 1 unspecified atom stereocenters. The van der Waals surface area contributed by atoms with Crippen LogP contribution < -0.4 is 15.8 Å². The Bertz CT molecular complexity index is 1790. The fourth-order valence-corrected chi connectivity index (χ4v) is 7.32. The minimum Gasteiger partial charge on any atom is -0.386 e. The molecule has 0 bridgehead atoms. The topological polar surface area (TPSA) is 104 Å². The van der Waals surface area contributed by atoms with Crippen LogP contribution in [-0.2, 0) is 13.0 Å². The summed E-state index contributed by atoms with van der Waals surface area (Å²) in [7, 11) is 2.21. The quantitative estimate of drug-likeness (QED) is 0.342. The fourth-order valence-electron chi connectivity index (χ4n) is 7.32. The monoisotopic (exact) mass is 565 g/mol. The summed E-state index contributed by atoms with van der Waals surface area (Å²) in [5.74, 6) is 2.26. The Morgan fingerprint density at radius 3 is 2.57 bits per heavy atom. The van der Waals surface area contributed by atoms with Crippen molar-refractivity contribution < 1.29 is 6.48 Å². The molecule has 1 saturated carbocycles. The molecular formula is C32H36N8O2. The molecule has 4 aromatic rings. The molecule has 0 amide bonds. The molecule has 2 aliphatic heterocycles. The van der Waals surface area contributed by atoms with Gasteiger partial charge in [-0.3, -0.25) is 4.79 Å². The Labute approximate surface area is 245 Å². The van der Waals surface area contributed by atoms with Gasteiger partial charge in [0.25, 0.3) is 5.56 Å². The number of rotatable bonds is 6. The molecule has 10 nitrogen and oxygen atoms in total. The Morgan fingerprint density at radius 2 is 1.86 bits per heavy atom. The number of aromatic nitrogens is 5. The van der Waals surface area contributed by atoms with Crippen molar-refractivity contribution in [1.29, 1.82) is 0 Å². The molecule has 216 valence electrons. The number of aryl methyl sites for hydroxylation is 1. The van der Waals surface area contributed by atoms with Gasteiger partial charge in [-0.1, -0.05) is 12.1 Å². The van der Waals surface area contributed by atoms with Crippen LogP contribution in [0.5, 0.6) is 0 Å². The van der Waals surface area contributed by atoms with Crippen LogP contribution in [-0.4, -0.2) is 67.5 Å². The molecule has 10 heteroatoms. The highest BCUT2D eigenvalue weighted by atomic mass is 16.3. The molecule has 8 rings (SSSR count). The molecule has 5 heterocycles. The molecule has 1 spiro atoms. The van der Waals surface area contributed by atoms with E-state index in [0.717, 1.165) is 61.9 Å². The number of fused-ring (bicyclic) bond motifs is 3. The van der Waals surface area contributed by atoms with Gasteiger partial charge in [0.2, 0.25) is 5.95 Å². The molecular weight excluding hydrogens is 528 g/mol. The van der Waals surface area contributed by atoms with Gasteiger partial charge in [0.1, 0.15) is 11.5 Å². The maximum absolute atomic E-state index is 13.4. The smallest absolute Gasteiger partial charge is 0.278 e. The summed E-state index contributed by atoms with van der Waals surface area (Å²) in [5.41, 5.74) is 3.02. The maximum atomic E-state index is 13.4. The van der Waals surface area contributed by atoms with Crippen molar-refractivity contribution >= 4 is 28.4 Å². The number of benzene rings is 1. The van der Waals surface area contributed by atoms with Crippen LogP contribution in [0.15, 0.2) is 60.0 Å². The first-order chi connectivity index (χ1) is 20.8. The largest absolute Gasteiger partial charge is 0.386 e. The number of likely N-dealkylation sites (tertiary alicyclic amines) is 1. The highest BCUT2D eigenvalue weighted by Gasteiger charge is 2.52. The lowest BCUT2D eigenvalue weighted by Gasteiger charge is -2.29. The number of nitrogens with zero attached hydrogens (tertiary/aromatic N) is 7. The van der Waals surface area contributed by atoms with Crippen LogP contribution in [0, 0.1) is 17.3 Å². The zero-order valence-electron chi connectivity index (χ0n) is 24.8. The molecule has 0 radical (unpaired) electrons. The Balaban J connectivity index is 1.12. The molecule has 1 aromatic carbocycles. The van der Waals surface area contributed by atoms with Gasteiger partial charge < -0.3 is 20.2 Å². The lowest BCUT2D eigenvalue weighted by atomic mass is 9.82. The Kier molecular flexibility index (Phi) is 5.56. The number of aliphatic hydroxyl groups is 1. The second-order valence-electron chi connectivity index (χ2n) is 12.5. The van der Waals surface area contributed by atoms with E-state index in [-0.39, 0.29) is 12.1 Å². The van der Waals surface area contributed by atoms with E-state index < -0.39 is 11.5 Å². The average Bonchev–Trinajstić information content (AvgIpc) is 3.47. The minimum atomic E-state index is -1.76. The van der Waals surface area contributed by atoms with E-state index in [4.69, 9.17) is 11.3 Å². The van der Waals surface area contributed by atoms with E-state index in [0.29, 0.717) is 28.5 Å². The molecule has 3 fully saturated rings. The third-order valence-electron chi connectivity index (χ3n) is 9.77. The summed E-state index contributed by atoms with van der Waals surface area (Å²) in [6.07, 6.45) is 4.64. The number of nitrogens with one attached hydrogen (secondary N) is 1. The predicted octanol–water partition coefficient (Wildman–Crippen LogP) is 3.66. The fraction of sp³-hybridized carbons (Fsp3) is 0.438. The van der Waals surface area contributed by atoms with Crippen molar-refractivity contribution in [1.82, 2.24) is 29.2 Å². The highest BCUT2D eigenvalue weighted by Crippen LogP contribution is 2.60. The summed E-state index contributed by atoms with van der Waals surface area (Å²) < 4.78 is 12.0. The summed E-state index contributed by atoms with van der Waals surface area (Å²) >= 11 is 0. The predicted molar refractivity (Wildman–Crippen MR) is 162 cm³/mol. The maximum Gasteiger partial charge on any atom is 0.278 e. The van der Waals surface area contributed by atoms with Crippen LogP contribution in [0.25, 0.3) is 16.9 Å². The lowest BCUT2D eigenvalue weighted by Crippen LogP contribution is -2.26. The van der Waals surface area contributed by atoms with Crippen molar-refractivity contribution in [2.75, 3.05) is 43.4 Å². The first-order valence-electron chi connectivity index (χ1n) is 15.4. The zero-order valence-corrected chi connectivity index (χ0v) is 23.8. The SMILES string of the molecule is [2H]C1(O)c2nc(-n3c4nc(Nc5ccc(N6C[C@H]7CN(C)C[C@H]7C6)cc5)ncc4c(=O)n3CC=C)ccc2CCC12CC2. The number of anilines is 3. The van der Waals surface area contributed by atoms with E-state index in [1.807, 2.05) is 24.3 Å². The Morgan fingerprint density at radius 1 is 1.10 bits per heavy atom. The van der Waals surface area contributed by atoms with Crippen LogP contribution in [0.4, 0.5) is 17.3 Å². The molecule has 2 aliphatic carbocycles. The third-order valence-corrected chi connectivity index (χ3v) is 9.77. The van der Waals surface area contributed by atoms with Gasteiger partial charge in [-0.15, -0.1) is 6.58 Å². The van der Waals surface area contributed by atoms with Crippen LogP contribution in [0.1, 0.15) is 38.0 Å². The number of hydrogen-bond donors (Lipinski definition) is 2. The van der Waals surface area contributed by atoms with E-state index in [1.165, 1.54) is 29.7 Å². The van der Waals surface area contributed by atoms with Gasteiger partial charge in [0.05, 0.1) is 13.6 Å². The third kappa shape index (κ3) is 4.07. The molecule has 42 heavy (non-hydrogen) atoms. The normalized spacial score (nSPS) is 26.3. The highest BCUT2D eigenvalue weighted by molar-refractivity contribution is 5.77. The summed E-state index contributed by atoms with van der Waals surface area (Å²) in [5, 5.41) is 15.0. The summed E-state index contributed by atoms with van der Waals surface area (Å²) in [6, 6.07) is 12.1. The summed E-state index contributed by atoms with van der Waals surface area (Å²) in [6.45, 7) is 8.60. The van der Waals surface area contributed by atoms with E-state index in [2.05, 4.69) is 45.9 Å². The van der Waals surface area contributed by atoms with Crippen molar-refractivity contribution in [2.24, 2.45) is 17.3 Å². The van der Waals surface area contributed by atoms with Crippen molar-refractivity contribution in [3.8, 4) is 5.82 Å². The second-order valence-corrected chi connectivity index (χ2v) is 12.5. The molecule has 2 saturated heterocycles. The van der Waals surface area contributed by atoms with Crippen LogP contribution >= 0.6 is 0 Å². The van der Waals surface area contributed by atoms with Crippen LogP contribution in [0.2, 0.25) is 0 Å². The molecule has 3 atom stereocenters. The molecule has 2 N–H and O–H groups in total. The minimum absolute atomic E-state index is 0.238. The van der Waals surface area contributed by atoms with Crippen LogP contribution in [0.3, 0.4) is 0 Å². The lowest BCUT2D eigenvalue weighted by molar-refractivity contribution is 0.0734. The van der Waals surface area contributed by atoms with Crippen molar-refractivity contribution in [2.45, 2.75) is 38.3 Å². The van der Waals surface area contributed by atoms with Gasteiger partial charge in [0.15, 0.2) is 11.5 Å². The van der Waals surface area contributed by atoms with E-state index >= 15 is 0 Å². The standard InChI is InChI=1S/C32H36N8O2/c1-3-14-39-30(42)25-15-33-31(34-23-5-7-24(8-6-23)38-18-21-16-37(2)17-22(21)19-38)36-29(25)40(39)26-9-4-20-10-11-32(12-13-32)28(41)27(20)35-26/h3-9,15,21-22,28,41H,1,10-14,16-19H2,2H3,(H,33,34,36)/t21-,22+,28?/i28D. The number of allylic oxidation sites excluding steroid dienone is 1. The van der Waals surface area contributed by atoms with E-state index in [9.17, 15) is 9.90 Å². The van der Waals surface area contributed by atoms with Crippen molar-refractivity contribution in [3.05, 3.63) is 76.9 Å². The zero-order chi connectivity index (χ0) is 29.5. The second kappa shape index (κ2) is 9.50. The van der Waals surface area contributed by atoms with Gasteiger partial charge >= 0.3 is 0 Å². The van der Waals surface area contributed by atoms with Gasteiger partial charge in [-0.05, 0) is 80.5 Å². The van der Waals surface area contributed by atoms with Gasteiger partial charge in [0, 0.05) is 49.2 Å². The van der Waals surface area contributed by atoms with Gasteiger partial charge in [-0.25, -0.2) is 19.3 Å². The summed E-state index contributed by atoms with van der Waals surface area (Å²) in [4.78, 5) is 32.4. The molecule has 4 aliphatic rings. The first-order valence-corrected chi connectivity index (χ1v) is 14.9. The Hall–Kier alpha value is -4.02. The average molecular weight is 566 g/mol. The first kappa shape index (κ1) is 24.6. The van der Waals surface area contributed by atoms with Crippen molar-refractivity contribution in [3.63, 3.8) is 0 Å². The molecule has 3 aromatic heterocycles.